The number of ether oxygens (including phenoxy) is 2. The fourth-order valence-electron chi connectivity index (χ4n) is 1.68. The molecule has 1 aromatic rings. The zero-order valence-corrected chi connectivity index (χ0v) is 8.95. The van der Waals surface area contributed by atoms with Gasteiger partial charge in [0.2, 0.25) is 0 Å². The molecule has 1 heterocycles. The Labute approximate surface area is 91.2 Å². The highest BCUT2D eigenvalue weighted by atomic mass is 16.5. The van der Waals surface area contributed by atoms with Crippen molar-refractivity contribution in [1.82, 2.24) is 0 Å². The summed E-state index contributed by atoms with van der Waals surface area (Å²) in [5.74, 6) is 1.51. The van der Waals surface area contributed by atoms with Gasteiger partial charge in [-0.1, -0.05) is 12.1 Å². The summed E-state index contributed by atoms with van der Waals surface area (Å²) in [5.41, 5.74) is 1.24. The van der Waals surface area contributed by atoms with Crippen LogP contribution in [0.4, 0.5) is 0 Å². The van der Waals surface area contributed by atoms with Crippen LogP contribution >= 0.6 is 0 Å². The van der Waals surface area contributed by atoms with Gasteiger partial charge in [0.15, 0.2) is 0 Å². The normalized spacial score (nSPS) is 20.5. The molecule has 1 fully saturated rings. The molecule has 2 heteroatoms. The zero-order valence-electron chi connectivity index (χ0n) is 8.95. The lowest BCUT2D eigenvalue weighted by atomic mass is 10.1. The molecule has 1 radical (unpaired) electrons. The highest BCUT2D eigenvalue weighted by Crippen LogP contribution is 2.17. The molecule has 1 aliphatic rings. The van der Waals surface area contributed by atoms with E-state index in [1.807, 2.05) is 12.1 Å². The van der Waals surface area contributed by atoms with Gasteiger partial charge in [0.25, 0.3) is 0 Å². The van der Waals surface area contributed by atoms with E-state index in [2.05, 4.69) is 19.1 Å². The summed E-state index contributed by atoms with van der Waals surface area (Å²) in [5, 5.41) is 0. The Balaban J connectivity index is 1.82. The van der Waals surface area contributed by atoms with E-state index in [9.17, 15) is 0 Å². The summed E-state index contributed by atoms with van der Waals surface area (Å²) in [7, 11) is 0. The van der Waals surface area contributed by atoms with Gasteiger partial charge in [-0.15, -0.1) is 0 Å². The van der Waals surface area contributed by atoms with Crippen LogP contribution in [0.15, 0.2) is 24.3 Å². The zero-order chi connectivity index (χ0) is 10.5. The average molecular weight is 205 g/mol. The molecule has 0 aliphatic carbocycles. The Bertz CT molecular complexity index is 286. The number of hydrogen-bond donors (Lipinski definition) is 0. The highest BCUT2D eigenvalue weighted by molar-refractivity contribution is 5.27. The van der Waals surface area contributed by atoms with Crippen molar-refractivity contribution in [1.29, 1.82) is 0 Å². The van der Waals surface area contributed by atoms with Gasteiger partial charge in [-0.25, -0.2) is 0 Å². The maximum Gasteiger partial charge on any atom is 0.119 e. The molecule has 1 aliphatic heterocycles. The molecule has 0 bridgehead atoms. The highest BCUT2D eigenvalue weighted by Gasteiger charge is 2.15. The van der Waals surface area contributed by atoms with E-state index in [4.69, 9.17) is 9.47 Å². The summed E-state index contributed by atoms with van der Waals surface area (Å²) in [4.78, 5) is 0. The fourth-order valence-corrected chi connectivity index (χ4v) is 1.68. The van der Waals surface area contributed by atoms with E-state index >= 15 is 0 Å². The number of rotatable bonds is 4. The summed E-state index contributed by atoms with van der Waals surface area (Å²) >= 11 is 0. The molecular formula is C13H17O2. The molecule has 0 aromatic heterocycles. The Morgan fingerprint density at radius 2 is 2.13 bits per heavy atom. The van der Waals surface area contributed by atoms with Crippen molar-refractivity contribution in [2.24, 2.45) is 5.92 Å². The third-order valence-electron chi connectivity index (χ3n) is 2.72. The van der Waals surface area contributed by atoms with Gasteiger partial charge in [0.05, 0.1) is 13.2 Å². The number of benzene rings is 1. The van der Waals surface area contributed by atoms with Crippen LogP contribution in [0.5, 0.6) is 5.75 Å². The van der Waals surface area contributed by atoms with E-state index in [0.717, 1.165) is 38.4 Å². The molecule has 15 heavy (non-hydrogen) atoms. The lowest BCUT2D eigenvalue weighted by Gasteiger charge is -2.10. The molecule has 0 amide bonds. The minimum Gasteiger partial charge on any atom is -0.493 e. The van der Waals surface area contributed by atoms with Crippen molar-refractivity contribution in [3.05, 3.63) is 36.8 Å². The Morgan fingerprint density at radius 1 is 1.33 bits per heavy atom. The molecule has 1 saturated heterocycles. The minimum absolute atomic E-state index is 0.567. The summed E-state index contributed by atoms with van der Waals surface area (Å²) in [6.07, 6.45) is 1.95. The van der Waals surface area contributed by atoms with E-state index in [0.29, 0.717) is 5.92 Å². The van der Waals surface area contributed by atoms with Gasteiger partial charge in [-0.05, 0) is 37.5 Å². The van der Waals surface area contributed by atoms with Crippen LogP contribution in [0.25, 0.3) is 0 Å². The summed E-state index contributed by atoms with van der Waals surface area (Å²) < 4.78 is 11.0. The first kappa shape index (κ1) is 10.5. The second-order valence-electron chi connectivity index (χ2n) is 3.93. The van der Waals surface area contributed by atoms with Crippen molar-refractivity contribution in [2.75, 3.05) is 19.8 Å². The van der Waals surface area contributed by atoms with Gasteiger partial charge in [0.1, 0.15) is 5.75 Å². The van der Waals surface area contributed by atoms with Gasteiger partial charge < -0.3 is 9.47 Å². The van der Waals surface area contributed by atoms with Crippen molar-refractivity contribution in [3.8, 4) is 5.75 Å². The van der Waals surface area contributed by atoms with E-state index in [1.54, 1.807) is 0 Å². The van der Waals surface area contributed by atoms with Crippen LogP contribution in [0.1, 0.15) is 12.0 Å². The van der Waals surface area contributed by atoms with E-state index in [-0.39, 0.29) is 0 Å². The van der Waals surface area contributed by atoms with Gasteiger partial charge in [0, 0.05) is 12.5 Å². The van der Waals surface area contributed by atoms with Gasteiger partial charge in [-0.2, -0.15) is 0 Å². The largest absolute Gasteiger partial charge is 0.493 e. The van der Waals surface area contributed by atoms with Crippen LogP contribution in [0, 0.1) is 12.8 Å². The van der Waals surface area contributed by atoms with E-state index < -0.39 is 0 Å². The quantitative estimate of drug-likeness (QED) is 0.751. The molecule has 2 rings (SSSR count). The van der Waals surface area contributed by atoms with Crippen LogP contribution in [-0.2, 0) is 11.2 Å². The lowest BCUT2D eigenvalue weighted by Crippen LogP contribution is -2.11. The average Bonchev–Trinajstić information content (AvgIpc) is 2.80. The van der Waals surface area contributed by atoms with Crippen LogP contribution in [0.2, 0.25) is 0 Å². The van der Waals surface area contributed by atoms with Crippen molar-refractivity contribution in [2.45, 2.75) is 12.8 Å². The summed E-state index contributed by atoms with van der Waals surface area (Å²) in [6.45, 7) is 6.33. The smallest absolute Gasteiger partial charge is 0.119 e. The SMILES string of the molecule is [CH2]Cc1ccc(OCC2CCOC2)cc1. The third kappa shape index (κ3) is 2.96. The maximum atomic E-state index is 5.69. The molecule has 0 spiro atoms. The third-order valence-corrected chi connectivity index (χ3v) is 2.72. The Morgan fingerprint density at radius 3 is 2.73 bits per heavy atom. The summed E-state index contributed by atoms with van der Waals surface area (Å²) in [6, 6.07) is 8.15. The number of hydrogen-bond acceptors (Lipinski definition) is 2. The topological polar surface area (TPSA) is 18.5 Å². The Kier molecular flexibility index (Phi) is 3.62. The first-order valence-electron chi connectivity index (χ1n) is 5.47. The van der Waals surface area contributed by atoms with Gasteiger partial charge in [-0.3, -0.25) is 0 Å². The van der Waals surface area contributed by atoms with Crippen molar-refractivity contribution in [3.63, 3.8) is 0 Å². The maximum absolute atomic E-state index is 5.69. The van der Waals surface area contributed by atoms with Gasteiger partial charge >= 0.3 is 0 Å². The molecular weight excluding hydrogens is 188 g/mol. The van der Waals surface area contributed by atoms with Crippen LogP contribution in [-0.4, -0.2) is 19.8 Å². The first-order valence-corrected chi connectivity index (χ1v) is 5.47. The van der Waals surface area contributed by atoms with Crippen molar-refractivity contribution < 1.29 is 9.47 Å². The molecule has 0 N–H and O–H groups in total. The fraction of sp³-hybridized carbons (Fsp3) is 0.462. The van der Waals surface area contributed by atoms with Crippen molar-refractivity contribution >= 4 is 0 Å². The molecule has 1 atom stereocenters. The molecule has 1 unspecified atom stereocenters. The van der Waals surface area contributed by atoms with E-state index in [1.165, 1.54) is 5.56 Å². The minimum atomic E-state index is 0.567. The standard InChI is InChI=1S/C13H17O2/c1-2-11-3-5-13(6-4-11)15-10-12-7-8-14-9-12/h3-6,12H,1-2,7-10H2. The predicted octanol–water partition coefficient (Wildman–Crippen LogP) is 2.48. The second-order valence-corrected chi connectivity index (χ2v) is 3.93. The molecule has 1 aromatic carbocycles. The predicted molar refractivity (Wildman–Crippen MR) is 59.9 cm³/mol. The van der Waals surface area contributed by atoms with Crippen LogP contribution in [0.3, 0.4) is 0 Å². The van der Waals surface area contributed by atoms with Crippen LogP contribution < -0.4 is 4.74 Å². The molecule has 0 saturated carbocycles. The second kappa shape index (κ2) is 5.17. The monoisotopic (exact) mass is 205 g/mol. The lowest BCUT2D eigenvalue weighted by molar-refractivity contribution is 0.167. The first-order chi connectivity index (χ1) is 7.38. The molecule has 81 valence electrons. The Hall–Kier alpha value is -1.02. The molecule has 2 nitrogen and oxygen atoms in total.